The van der Waals surface area contributed by atoms with E-state index in [1.165, 1.54) is 18.5 Å². The minimum atomic E-state index is -4.27. The molecule has 26 heavy (non-hydrogen) atoms. The fraction of sp³-hybridized carbons (Fsp3) is 0.222. The van der Waals surface area contributed by atoms with Gasteiger partial charge in [0, 0.05) is 10.0 Å². The maximum Gasteiger partial charge on any atom is 0.323 e. The van der Waals surface area contributed by atoms with Gasteiger partial charge in [-0.25, -0.2) is 13.0 Å². The van der Waals surface area contributed by atoms with Crippen LogP contribution in [0.2, 0.25) is 0 Å². The Kier molecular flexibility index (Phi) is 8.64. The molecule has 0 aliphatic carbocycles. The molecule has 0 unspecified atom stereocenters. The third kappa shape index (κ3) is 8.37. The minimum absolute atomic E-state index is 0.0272. The van der Waals surface area contributed by atoms with Crippen molar-refractivity contribution < 1.29 is 27.1 Å². The maximum atomic E-state index is 11.6. The first kappa shape index (κ1) is 22.0. The average Bonchev–Trinajstić information content (AvgIpc) is 2.55. The molecule has 0 fully saturated rings. The number of aryl methyl sites for hydroxylation is 1. The number of carbonyl (C=O) groups is 1. The fourth-order valence-corrected chi connectivity index (χ4v) is 2.42. The van der Waals surface area contributed by atoms with Crippen LogP contribution in [0.5, 0.6) is 0 Å². The molecule has 0 aromatic heterocycles. The Morgan fingerprint density at radius 1 is 1.12 bits per heavy atom. The van der Waals surface area contributed by atoms with E-state index in [2.05, 4.69) is 15.9 Å². The number of ether oxygens (including phenoxy) is 1. The van der Waals surface area contributed by atoms with Gasteiger partial charge < -0.3 is 9.29 Å². The number of hydrogen-bond acceptors (Lipinski definition) is 5. The molecule has 0 spiro atoms. The molecular weight excluding hydrogens is 422 g/mol. The monoisotopic (exact) mass is 441 g/mol. The summed E-state index contributed by atoms with van der Waals surface area (Å²) in [5.41, 5.74) is 1.59. The van der Waals surface area contributed by atoms with Crippen molar-refractivity contribution >= 4 is 38.2 Å². The number of hydrogen-bond donors (Lipinski definition) is 0. The predicted molar refractivity (Wildman–Crippen MR) is 102 cm³/mol. The highest BCUT2D eigenvalue weighted by molar-refractivity contribution is 9.10. The molecule has 2 aromatic rings. The van der Waals surface area contributed by atoms with Crippen molar-refractivity contribution in [3.8, 4) is 0 Å². The number of Topliss-reactive ketones (excluding diaryl/α,β-unsaturated/α-hetero) is 1. The summed E-state index contributed by atoms with van der Waals surface area (Å²) >= 11 is 3.31. The number of rotatable bonds is 5. The van der Waals surface area contributed by atoms with Gasteiger partial charge in [-0.1, -0.05) is 45.8 Å². The van der Waals surface area contributed by atoms with E-state index in [4.69, 9.17) is 4.74 Å². The Morgan fingerprint density at radius 2 is 1.65 bits per heavy atom. The molecule has 0 bridgehead atoms. The van der Waals surface area contributed by atoms with Crippen molar-refractivity contribution in [3.05, 3.63) is 64.1 Å². The van der Waals surface area contributed by atoms with E-state index in [-0.39, 0.29) is 17.3 Å². The highest BCUT2D eigenvalue weighted by atomic mass is 79.9. The van der Waals surface area contributed by atoms with Gasteiger partial charge in [0.25, 0.3) is 0 Å². The van der Waals surface area contributed by atoms with Crippen LogP contribution in [0.4, 0.5) is 0 Å². The van der Waals surface area contributed by atoms with Crippen molar-refractivity contribution in [1.82, 2.24) is 0 Å². The predicted octanol–water partition coefficient (Wildman–Crippen LogP) is 2.85. The summed E-state index contributed by atoms with van der Waals surface area (Å²) in [6.45, 7) is 1.89. The lowest BCUT2D eigenvalue weighted by molar-refractivity contribution is -0.468. The third-order valence-electron chi connectivity index (χ3n) is 2.98. The van der Waals surface area contributed by atoms with Crippen LogP contribution in [-0.4, -0.2) is 50.4 Å². The molecule has 0 atom stereocenters. The van der Waals surface area contributed by atoms with Gasteiger partial charge in [0.1, 0.15) is 24.2 Å². The summed E-state index contributed by atoms with van der Waals surface area (Å²) in [5.74, 6) is -0.0272. The van der Waals surface area contributed by atoms with Crippen molar-refractivity contribution in [2.45, 2.75) is 11.8 Å². The number of carbonyl (C=O) groups excluding carboxylic acids is 1. The normalized spacial score (nSPS) is 10.3. The number of benzene rings is 2. The summed E-state index contributed by atoms with van der Waals surface area (Å²) in [6.07, 6.45) is 1.51. The molecule has 0 saturated heterocycles. The van der Waals surface area contributed by atoms with E-state index in [0.29, 0.717) is 5.56 Å². The average molecular weight is 442 g/mol. The number of nitrogens with zero attached hydrogens (tertiary/aromatic N) is 1. The summed E-state index contributed by atoms with van der Waals surface area (Å²) in [7, 11) is -0.595. The maximum absolute atomic E-state index is 11.6. The van der Waals surface area contributed by atoms with Gasteiger partial charge in [-0.05, 0) is 31.2 Å². The van der Waals surface area contributed by atoms with Crippen molar-refractivity contribution in [2.75, 3.05) is 20.7 Å². The van der Waals surface area contributed by atoms with E-state index >= 15 is 0 Å². The quantitative estimate of drug-likeness (QED) is 0.234. The van der Waals surface area contributed by atoms with Crippen molar-refractivity contribution in [3.63, 3.8) is 0 Å². The second-order valence-corrected chi connectivity index (χ2v) is 7.87. The Hall–Kier alpha value is -2.03. The second kappa shape index (κ2) is 10.2. The van der Waals surface area contributed by atoms with Crippen LogP contribution in [-0.2, 0) is 14.9 Å². The van der Waals surface area contributed by atoms with E-state index in [0.717, 1.165) is 10.0 Å². The SMILES string of the molecule is C[N+](C)=COCC(=O)c1ccc(Br)cc1.Cc1ccc(S(=O)(=O)[O-])cc1. The molecular formula is C18H20BrNO5S. The molecule has 0 amide bonds. The van der Waals surface area contributed by atoms with Gasteiger partial charge in [-0.3, -0.25) is 4.79 Å². The Balaban J connectivity index is 0.000000273. The third-order valence-corrected chi connectivity index (χ3v) is 4.35. The first-order valence-corrected chi connectivity index (χ1v) is 9.72. The van der Waals surface area contributed by atoms with Crippen LogP contribution in [0.1, 0.15) is 15.9 Å². The van der Waals surface area contributed by atoms with Crippen molar-refractivity contribution in [1.29, 1.82) is 0 Å². The van der Waals surface area contributed by atoms with Gasteiger partial charge in [0.05, 0.1) is 4.90 Å². The molecule has 0 aliphatic rings. The van der Waals surface area contributed by atoms with Crippen LogP contribution in [0.15, 0.2) is 57.9 Å². The smallest absolute Gasteiger partial charge is 0.323 e. The molecule has 140 valence electrons. The molecule has 2 aromatic carbocycles. The minimum Gasteiger partial charge on any atom is -0.744 e. The first-order valence-electron chi connectivity index (χ1n) is 7.52. The standard InChI is InChI=1S/C11H13BrNO2.C7H8O3S/c1-13(2)8-15-7-11(14)9-3-5-10(12)6-4-9;1-6-2-4-7(5-3-6)11(8,9)10/h3-6,8H,7H2,1-2H3;2-5H,1H3,(H,8,9,10)/q+1;/p-1. The molecule has 0 radical (unpaired) electrons. The van der Waals surface area contributed by atoms with Crippen LogP contribution >= 0.6 is 15.9 Å². The van der Waals surface area contributed by atoms with Gasteiger partial charge in [-0.2, -0.15) is 0 Å². The zero-order chi connectivity index (χ0) is 19.7. The molecule has 6 nitrogen and oxygen atoms in total. The van der Waals surface area contributed by atoms with Crippen LogP contribution in [0.25, 0.3) is 0 Å². The summed E-state index contributed by atoms with van der Waals surface area (Å²) < 4.78 is 39.0. The van der Waals surface area contributed by atoms with E-state index in [9.17, 15) is 17.8 Å². The van der Waals surface area contributed by atoms with Crippen LogP contribution in [0, 0.1) is 6.92 Å². The summed E-state index contributed by atoms with van der Waals surface area (Å²) in [6, 6.07) is 13.0. The van der Waals surface area contributed by atoms with Crippen molar-refractivity contribution in [2.24, 2.45) is 0 Å². The van der Waals surface area contributed by atoms with Gasteiger partial charge in [0.2, 0.25) is 0 Å². The number of halogens is 1. The van der Waals surface area contributed by atoms with Gasteiger partial charge >= 0.3 is 6.40 Å². The highest BCUT2D eigenvalue weighted by Gasteiger charge is 2.05. The molecule has 2 rings (SSSR count). The molecule has 0 heterocycles. The molecule has 0 aliphatic heterocycles. The Labute approximate surface area is 162 Å². The lowest BCUT2D eigenvalue weighted by atomic mass is 10.1. The zero-order valence-corrected chi connectivity index (χ0v) is 17.1. The highest BCUT2D eigenvalue weighted by Crippen LogP contribution is 2.11. The largest absolute Gasteiger partial charge is 0.744 e. The number of ketones is 1. The lowest BCUT2D eigenvalue weighted by Crippen LogP contribution is -2.11. The Morgan fingerprint density at radius 3 is 2.12 bits per heavy atom. The van der Waals surface area contributed by atoms with E-state index < -0.39 is 10.1 Å². The Bertz CT molecular complexity index is 855. The summed E-state index contributed by atoms with van der Waals surface area (Å²) in [4.78, 5) is 11.4. The first-order chi connectivity index (χ1) is 12.1. The van der Waals surface area contributed by atoms with E-state index in [1.807, 2.05) is 33.2 Å². The molecule has 0 N–H and O–H groups in total. The van der Waals surface area contributed by atoms with Crippen LogP contribution in [0.3, 0.4) is 0 Å². The molecule has 0 saturated carbocycles. The van der Waals surface area contributed by atoms with Crippen LogP contribution < -0.4 is 0 Å². The fourth-order valence-electron chi connectivity index (χ4n) is 1.69. The topological polar surface area (TPSA) is 86.5 Å². The lowest BCUT2D eigenvalue weighted by Gasteiger charge is -2.05. The van der Waals surface area contributed by atoms with Gasteiger partial charge in [-0.15, -0.1) is 0 Å². The summed E-state index contributed by atoms with van der Waals surface area (Å²) in [5, 5.41) is 0. The van der Waals surface area contributed by atoms with E-state index in [1.54, 1.807) is 28.8 Å². The van der Waals surface area contributed by atoms with Gasteiger partial charge in [0.15, 0.2) is 12.4 Å². The second-order valence-electron chi connectivity index (χ2n) is 5.58. The molecule has 8 heteroatoms. The zero-order valence-electron chi connectivity index (χ0n) is 14.7.